The number of carbonyl (C=O) groups is 1. The lowest BCUT2D eigenvalue weighted by Crippen LogP contribution is -2.18. The van der Waals surface area contributed by atoms with Gasteiger partial charge in [-0.05, 0) is 42.7 Å². The van der Waals surface area contributed by atoms with Crippen molar-refractivity contribution in [3.8, 4) is 17.2 Å². The van der Waals surface area contributed by atoms with Gasteiger partial charge in [0.05, 0.1) is 11.0 Å². The Bertz CT molecular complexity index is 1280. The van der Waals surface area contributed by atoms with Gasteiger partial charge in [-0.2, -0.15) is 5.26 Å². The van der Waals surface area contributed by atoms with E-state index in [4.69, 9.17) is 4.98 Å². The van der Waals surface area contributed by atoms with Crippen LogP contribution in [0.3, 0.4) is 0 Å². The summed E-state index contributed by atoms with van der Waals surface area (Å²) >= 11 is 3.46. The number of nitrogens with zero attached hydrogens (tertiary/aromatic N) is 3. The van der Waals surface area contributed by atoms with Crippen LogP contribution in [0, 0.1) is 11.3 Å². The van der Waals surface area contributed by atoms with Gasteiger partial charge in [-0.1, -0.05) is 40.2 Å². The smallest absolute Gasteiger partial charge is 0.165 e. The van der Waals surface area contributed by atoms with Crippen molar-refractivity contribution in [2.75, 3.05) is 0 Å². The molecule has 0 unspecified atom stereocenters. The van der Waals surface area contributed by atoms with E-state index in [9.17, 15) is 10.1 Å². The Balaban J connectivity index is 2.02. The molecule has 0 saturated carbocycles. The molecular weight excluding hydrogens is 402 g/mol. The van der Waals surface area contributed by atoms with Crippen LogP contribution in [0.1, 0.15) is 34.5 Å². The molecule has 0 saturated heterocycles. The molecular formula is C22H14BrN3O. The van der Waals surface area contributed by atoms with Gasteiger partial charge in [0, 0.05) is 27.7 Å². The Morgan fingerprint density at radius 2 is 1.81 bits per heavy atom. The van der Waals surface area contributed by atoms with Crippen molar-refractivity contribution in [3.63, 3.8) is 0 Å². The largest absolute Gasteiger partial charge is 0.295 e. The molecule has 4 nitrogen and oxygen atoms in total. The van der Waals surface area contributed by atoms with E-state index in [1.54, 1.807) is 0 Å². The van der Waals surface area contributed by atoms with Gasteiger partial charge in [-0.3, -0.25) is 9.20 Å². The number of nitriles is 1. The average molecular weight is 416 g/mol. The Hall–Kier alpha value is -2.97. The Morgan fingerprint density at radius 3 is 2.59 bits per heavy atom. The molecule has 1 aliphatic rings. The molecule has 1 aliphatic carbocycles. The fourth-order valence-electron chi connectivity index (χ4n) is 4.05. The zero-order valence-corrected chi connectivity index (χ0v) is 16.0. The fraction of sp³-hybridized carbons (Fsp3) is 0.136. The van der Waals surface area contributed by atoms with E-state index in [1.165, 1.54) is 0 Å². The molecule has 0 N–H and O–H groups in total. The number of rotatable bonds is 1. The number of pyridine rings is 1. The number of aryl methyl sites for hydroxylation is 1. The highest BCUT2D eigenvalue weighted by atomic mass is 79.9. The average Bonchev–Trinajstić information content (AvgIpc) is 3.07. The number of para-hydroxylation sites is 2. The molecule has 5 rings (SSSR count). The summed E-state index contributed by atoms with van der Waals surface area (Å²) in [6.07, 6.45) is 2.13. The minimum absolute atomic E-state index is 0.102. The zero-order valence-electron chi connectivity index (χ0n) is 14.4. The number of halogens is 1. The number of fused-ring (bicyclic) bond motifs is 5. The van der Waals surface area contributed by atoms with Crippen molar-refractivity contribution >= 4 is 38.4 Å². The number of Topliss-reactive ketones (excluding diaryl/α,β-unsaturated/α-hetero) is 1. The SMILES string of the molecule is N#Cc1c(-c2ccc(Br)cc2)c2c(n3c1nc1ccccc13)CCCC2=O. The molecule has 0 bridgehead atoms. The maximum atomic E-state index is 13.0. The second-order valence-electron chi connectivity index (χ2n) is 6.73. The number of aromatic nitrogens is 2. The van der Waals surface area contributed by atoms with E-state index in [2.05, 4.69) is 22.0 Å². The summed E-state index contributed by atoms with van der Waals surface area (Å²) in [6.45, 7) is 0. The predicted octanol–water partition coefficient (Wildman–Crippen LogP) is 5.31. The molecule has 2 aromatic carbocycles. The third-order valence-electron chi connectivity index (χ3n) is 5.18. The predicted molar refractivity (Wildman–Crippen MR) is 108 cm³/mol. The highest BCUT2D eigenvalue weighted by molar-refractivity contribution is 9.10. The topological polar surface area (TPSA) is 58.2 Å². The van der Waals surface area contributed by atoms with Gasteiger partial charge < -0.3 is 0 Å². The van der Waals surface area contributed by atoms with Crippen LogP contribution in [0.4, 0.5) is 0 Å². The van der Waals surface area contributed by atoms with Gasteiger partial charge in [0.1, 0.15) is 11.6 Å². The Labute approximate surface area is 164 Å². The molecule has 0 fully saturated rings. The molecule has 2 aromatic heterocycles. The lowest BCUT2D eigenvalue weighted by atomic mass is 9.85. The second-order valence-corrected chi connectivity index (χ2v) is 7.64. The first-order chi connectivity index (χ1) is 13.2. The molecule has 0 atom stereocenters. The van der Waals surface area contributed by atoms with Crippen molar-refractivity contribution in [1.82, 2.24) is 9.38 Å². The van der Waals surface area contributed by atoms with Crippen molar-refractivity contribution in [3.05, 3.63) is 69.8 Å². The van der Waals surface area contributed by atoms with Crippen LogP contribution in [0.15, 0.2) is 53.0 Å². The molecule has 4 aromatic rings. The third kappa shape index (κ3) is 2.34. The van der Waals surface area contributed by atoms with Crippen LogP contribution in [0.2, 0.25) is 0 Å². The second kappa shape index (κ2) is 6.04. The molecule has 0 amide bonds. The van der Waals surface area contributed by atoms with Gasteiger partial charge in [-0.15, -0.1) is 0 Å². The number of imidazole rings is 1. The van der Waals surface area contributed by atoms with Crippen molar-refractivity contribution < 1.29 is 4.79 Å². The first kappa shape index (κ1) is 16.2. The third-order valence-corrected chi connectivity index (χ3v) is 5.71. The van der Waals surface area contributed by atoms with Crippen LogP contribution in [0.5, 0.6) is 0 Å². The monoisotopic (exact) mass is 415 g/mol. The summed E-state index contributed by atoms with van der Waals surface area (Å²) in [6, 6.07) is 17.9. The van der Waals surface area contributed by atoms with Crippen LogP contribution in [-0.4, -0.2) is 15.2 Å². The Morgan fingerprint density at radius 1 is 1.04 bits per heavy atom. The van der Waals surface area contributed by atoms with Gasteiger partial charge in [0.25, 0.3) is 0 Å². The molecule has 5 heteroatoms. The van der Waals surface area contributed by atoms with E-state index in [1.807, 2.05) is 52.9 Å². The van der Waals surface area contributed by atoms with Gasteiger partial charge in [0.15, 0.2) is 11.4 Å². The highest BCUT2D eigenvalue weighted by Crippen LogP contribution is 2.38. The lowest BCUT2D eigenvalue weighted by molar-refractivity contribution is 0.0972. The molecule has 0 radical (unpaired) electrons. The quantitative estimate of drug-likeness (QED) is 0.423. The molecule has 0 aliphatic heterocycles. The summed E-state index contributed by atoms with van der Waals surface area (Å²) < 4.78 is 2.97. The van der Waals surface area contributed by atoms with E-state index in [0.29, 0.717) is 28.8 Å². The standard InChI is InChI=1S/C22H14BrN3O/c23-14-10-8-13(9-11-14)20-15(12-24)22-25-16-4-1-2-5-17(16)26(22)18-6-3-7-19(27)21(18)20/h1-2,4-5,8-11H,3,6-7H2. The van der Waals surface area contributed by atoms with E-state index in [0.717, 1.165) is 39.6 Å². The number of ketones is 1. The number of carbonyl (C=O) groups excluding carboxylic acids is 1. The number of benzene rings is 2. The molecule has 130 valence electrons. The summed E-state index contributed by atoms with van der Waals surface area (Å²) in [7, 11) is 0. The van der Waals surface area contributed by atoms with Gasteiger partial charge in [0.2, 0.25) is 0 Å². The first-order valence-electron chi connectivity index (χ1n) is 8.84. The number of hydrogen-bond donors (Lipinski definition) is 0. The van der Waals surface area contributed by atoms with Crippen LogP contribution in [-0.2, 0) is 6.42 Å². The van der Waals surface area contributed by atoms with Crippen LogP contribution < -0.4 is 0 Å². The van der Waals surface area contributed by atoms with E-state index < -0.39 is 0 Å². The first-order valence-corrected chi connectivity index (χ1v) is 9.63. The maximum absolute atomic E-state index is 13.0. The van der Waals surface area contributed by atoms with E-state index >= 15 is 0 Å². The summed E-state index contributed by atoms with van der Waals surface area (Å²) in [5, 5.41) is 10.0. The Kier molecular flexibility index (Phi) is 3.63. The van der Waals surface area contributed by atoms with Crippen LogP contribution in [0.25, 0.3) is 27.8 Å². The summed E-state index contributed by atoms with van der Waals surface area (Å²) in [5.41, 5.74) is 6.10. The molecule has 0 spiro atoms. The minimum Gasteiger partial charge on any atom is -0.295 e. The van der Waals surface area contributed by atoms with E-state index in [-0.39, 0.29) is 5.78 Å². The highest BCUT2D eigenvalue weighted by Gasteiger charge is 2.29. The molecule has 2 heterocycles. The van der Waals surface area contributed by atoms with Crippen molar-refractivity contribution in [2.24, 2.45) is 0 Å². The van der Waals surface area contributed by atoms with Crippen molar-refractivity contribution in [2.45, 2.75) is 19.3 Å². The normalized spacial score (nSPS) is 13.7. The van der Waals surface area contributed by atoms with Gasteiger partial charge in [-0.25, -0.2) is 4.98 Å². The fourth-order valence-corrected chi connectivity index (χ4v) is 4.31. The lowest BCUT2D eigenvalue weighted by Gasteiger charge is -2.22. The van der Waals surface area contributed by atoms with Crippen LogP contribution >= 0.6 is 15.9 Å². The minimum atomic E-state index is 0.102. The maximum Gasteiger partial charge on any atom is 0.165 e. The number of hydrogen-bond acceptors (Lipinski definition) is 3. The summed E-state index contributed by atoms with van der Waals surface area (Å²) in [5.74, 6) is 0.102. The zero-order chi connectivity index (χ0) is 18.5. The van der Waals surface area contributed by atoms with Gasteiger partial charge >= 0.3 is 0 Å². The van der Waals surface area contributed by atoms with Crippen molar-refractivity contribution in [1.29, 1.82) is 5.26 Å². The molecule has 27 heavy (non-hydrogen) atoms. The summed E-state index contributed by atoms with van der Waals surface area (Å²) in [4.78, 5) is 17.7.